The molecular formula is C28H27F2N7O2. The number of rotatable bonds is 6. The molecule has 0 bridgehead atoms. The molecule has 1 aliphatic carbocycles. The van der Waals surface area contributed by atoms with Gasteiger partial charge in [0.25, 0.3) is 5.91 Å². The maximum absolute atomic E-state index is 15.2. The van der Waals surface area contributed by atoms with Crippen molar-refractivity contribution in [1.82, 2.24) is 29.6 Å². The summed E-state index contributed by atoms with van der Waals surface area (Å²) in [7, 11) is 1.53. The van der Waals surface area contributed by atoms with Crippen LogP contribution in [0.3, 0.4) is 0 Å². The topological polar surface area (TPSA) is 112 Å². The van der Waals surface area contributed by atoms with Gasteiger partial charge in [-0.1, -0.05) is 0 Å². The molecule has 3 aromatic heterocycles. The number of carbonyl (C=O) groups excluding carboxylic acids is 1. The molecule has 1 unspecified atom stereocenters. The lowest BCUT2D eigenvalue weighted by Gasteiger charge is -2.22. The summed E-state index contributed by atoms with van der Waals surface area (Å²) in [6.45, 7) is 4.65. The highest BCUT2D eigenvalue weighted by Crippen LogP contribution is 2.48. The number of amides is 1. The number of aryl methyl sites for hydroxylation is 1. The van der Waals surface area contributed by atoms with E-state index in [1.54, 1.807) is 23.1 Å². The Hall–Kier alpha value is -4.25. The first-order valence-corrected chi connectivity index (χ1v) is 12.6. The molecule has 11 heteroatoms. The van der Waals surface area contributed by atoms with Crippen LogP contribution in [0.4, 0.5) is 8.78 Å². The Morgan fingerprint density at radius 2 is 1.74 bits per heavy atom. The van der Waals surface area contributed by atoms with Crippen LogP contribution in [0, 0.1) is 23.5 Å². The van der Waals surface area contributed by atoms with Gasteiger partial charge in [-0.3, -0.25) is 9.48 Å². The Morgan fingerprint density at radius 3 is 2.38 bits per heavy atom. The van der Waals surface area contributed by atoms with Gasteiger partial charge in [0.2, 0.25) is 5.88 Å². The largest absolute Gasteiger partial charge is 0.474 e. The number of halogens is 2. The lowest BCUT2D eigenvalue weighted by Crippen LogP contribution is -2.35. The van der Waals surface area contributed by atoms with E-state index in [1.807, 2.05) is 26.0 Å². The van der Waals surface area contributed by atoms with E-state index in [1.165, 1.54) is 36.3 Å². The van der Waals surface area contributed by atoms with E-state index >= 15 is 4.39 Å². The molecule has 1 aliphatic heterocycles. The Labute approximate surface area is 223 Å². The number of piperidine rings is 1. The number of fused-ring (bicyclic) bond motifs is 1. The zero-order valence-electron chi connectivity index (χ0n) is 21.7. The third-order valence-corrected chi connectivity index (χ3v) is 7.31. The summed E-state index contributed by atoms with van der Waals surface area (Å²) in [6, 6.07) is 11.4. The Balaban J connectivity index is 1.17. The minimum atomic E-state index is -0.735. The molecule has 1 amide bonds. The molecule has 1 aromatic carbocycles. The van der Waals surface area contributed by atoms with Crippen molar-refractivity contribution in [2.45, 2.75) is 25.5 Å². The van der Waals surface area contributed by atoms with Crippen molar-refractivity contribution in [3.8, 4) is 28.7 Å². The molecule has 200 valence electrons. The molecule has 1 saturated carbocycles. The molecule has 2 aliphatic rings. The smallest absolute Gasteiger partial charge is 0.275 e. The molecule has 1 saturated heterocycles. The van der Waals surface area contributed by atoms with E-state index in [0.29, 0.717) is 24.7 Å². The average Bonchev–Trinajstić information content (AvgIpc) is 3.22. The van der Waals surface area contributed by atoms with Gasteiger partial charge in [-0.05, 0) is 55.8 Å². The number of hydrogen-bond donors (Lipinski definition) is 1. The Morgan fingerprint density at radius 1 is 1.08 bits per heavy atom. The van der Waals surface area contributed by atoms with Crippen LogP contribution in [0.25, 0.3) is 22.8 Å². The second-order valence-corrected chi connectivity index (χ2v) is 10.6. The molecule has 6 rings (SSSR count). The van der Waals surface area contributed by atoms with Crippen LogP contribution >= 0.6 is 0 Å². The number of likely N-dealkylation sites (tertiary alicyclic amines) is 1. The summed E-state index contributed by atoms with van der Waals surface area (Å²) in [5.41, 5.74) is 7.76. The number of nitrogens with two attached hydrogens (primary N) is 1. The van der Waals surface area contributed by atoms with Gasteiger partial charge in [0.1, 0.15) is 11.9 Å². The fraction of sp³-hybridized carbons (Fsp3) is 0.321. The number of aromatic nitrogens is 5. The first-order valence-electron chi connectivity index (χ1n) is 12.6. The summed E-state index contributed by atoms with van der Waals surface area (Å²) >= 11 is 0. The molecule has 4 aromatic rings. The molecule has 2 N–H and O–H groups in total. The number of carbonyl (C=O) groups is 1. The van der Waals surface area contributed by atoms with Gasteiger partial charge in [0, 0.05) is 61.5 Å². The van der Waals surface area contributed by atoms with Crippen molar-refractivity contribution in [2.75, 3.05) is 13.1 Å². The van der Waals surface area contributed by atoms with E-state index in [0.717, 1.165) is 11.1 Å². The summed E-state index contributed by atoms with van der Waals surface area (Å²) in [5, 5.41) is 4.15. The summed E-state index contributed by atoms with van der Waals surface area (Å²) in [4.78, 5) is 27.6. The average molecular weight is 532 g/mol. The summed E-state index contributed by atoms with van der Waals surface area (Å²) in [6.07, 6.45) is 2.87. The second-order valence-electron chi connectivity index (χ2n) is 10.6. The van der Waals surface area contributed by atoms with Gasteiger partial charge in [-0.2, -0.15) is 5.10 Å². The fourth-order valence-electron chi connectivity index (χ4n) is 5.10. The van der Waals surface area contributed by atoms with Crippen molar-refractivity contribution >= 4 is 5.91 Å². The van der Waals surface area contributed by atoms with Gasteiger partial charge in [0.15, 0.2) is 23.0 Å². The third-order valence-electron chi connectivity index (χ3n) is 7.31. The zero-order valence-corrected chi connectivity index (χ0v) is 21.7. The van der Waals surface area contributed by atoms with Crippen LogP contribution in [-0.4, -0.2) is 54.7 Å². The SMILES string of the molecule is Cn1nc(-c2ncccn2)c(F)c1C(=O)N1C[C@@H]2C(Oc3cc(C(C)(C)N)cc(-c4ccc(F)cc4)n3)[C@@H]2C1. The lowest BCUT2D eigenvalue weighted by molar-refractivity contribution is 0.0735. The molecule has 3 atom stereocenters. The number of ether oxygens (including phenoxy) is 1. The monoisotopic (exact) mass is 531 g/mol. The summed E-state index contributed by atoms with van der Waals surface area (Å²) < 4.78 is 36.2. The highest BCUT2D eigenvalue weighted by molar-refractivity contribution is 5.94. The van der Waals surface area contributed by atoms with E-state index < -0.39 is 17.3 Å². The predicted octanol–water partition coefficient (Wildman–Crippen LogP) is 3.56. The Bertz CT molecular complexity index is 1540. The standard InChI is InChI=1S/C28H27F2N7O2/c1-28(2,31)16-11-20(15-5-7-17(29)8-6-15)34-21(12-16)39-25-18-13-37(14-19(18)25)27(38)24-22(30)23(35-36(24)3)26-32-9-4-10-33-26/h4-12,18-19,25H,13-14,31H2,1-3H3/t18-,19+,25?. The van der Waals surface area contributed by atoms with Gasteiger partial charge in [-0.25, -0.2) is 23.7 Å². The van der Waals surface area contributed by atoms with Crippen LogP contribution in [-0.2, 0) is 12.6 Å². The zero-order chi connectivity index (χ0) is 27.5. The van der Waals surface area contributed by atoms with Crippen LogP contribution in [0.1, 0.15) is 29.9 Å². The van der Waals surface area contributed by atoms with Gasteiger partial charge < -0.3 is 15.4 Å². The number of nitrogens with zero attached hydrogens (tertiary/aromatic N) is 6. The number of benzene rings is 1. The van der Waals surface area contributed by atoms with Crippen molar-refractivity contribution in [2.24, 2.45) is 24.6 Å². The minimum absolute atomic E-state index is 0.0576. The number of pyridine rings is 1. The third kappa shape index (κ3) is 4.63. The van der Waals surface area contributed by atoms with E-state index in [-0.39, 0.29) is 41.0 Å². The molecule has 0 radical (unpaired) electrons. The fourth-order valence-corrected chi connectivity index (χ4v) is 5.10. The van der Waals surface area contributed by atoms with Crippen LogP contribution < -0.4 is 10.5 Å². The van der Waals surface area contributed by atoms with E-state index in [4.69, 9.17) is 10.5 Å². The molecule has 0 spiro atoms. The maximum atomic E-state index is 15.2. The first-order chi connectivity index (χ1) is 18.6. The lowest BCUT2D eigenvalue weighted by atomic mass is 9.95. The molecular weight excluding hydrogens is 504 g/mol. The quantitative estimate of drug-likeness (QED) is 0.405. The van der Waals surface area contributed by atoms with Gasteiger partial charge in [-0.15, -0.1) is 0 Å². The highest BCUT2D eigenvalue weighted by atomic mass is 19.1. The van der Waals surface area contributed by atoms with E-state index in [9.17, 15) is 9.18 Å². The van der Waals surface area contributed by atoms with Gasteiger partial charge >= 0.3 is 0 Å². The molecule has 39 heavy (non-hydrogen) atoms. The van der Waals surface area contributed by atoms with Gasteiger partial charge in [0.05, 0.1) is 5.69 Å². The van der Waals surface area contributed by atoms with Crippen molar-refractivity contribution in [3.63, 3.8) is 0 Å². The maximum Gasteiger partial charge on any atom is 0.275 e. The minimum Gasteiger partial charge on any atom is -0.474 e. The van der Waals surface area contributed by atoms with Crippen LogP contribution in [0.15, 0.2) is 54.9 Å². The van der Waals surface area contributed by atoms with E-state index in [2.05, 4.69) is 20.1 Å². The molecule has 2 fully saturated rings. The Kier molecular flexibility index (Phi) is 5.91. The second kappa shape index (κ2) is 9.19. The predicted molar refractivity (Wildman–Crippen MR) is 138 cm³/mol. The summed E-state index contributed by atoms with van der Waals surface area (Å²) in [5.74, 6) is -0.739. The molecule has 4 heterocycles. The normalized spacial score (nSPS) is 20.2. The van der Waals surface area contributed by atoms with Crippen molar-refractivity contribution in [1.29, 1.82) is 0 Å². The van der Waals surface area contributed by atoms with Crippen LogP contribution in [0.5, 0.6) is 5.88 Å². The van der Waals surface area contributed by atoms with Crippen molar-refractivity contribution < 1.29 is 18.3 Å². The van der Waals surface area contributed by atoms with Crippen molar-refractivity contribution in [3.05, 3.63) is 77.8 Å². The highest BCUT2D eigenvalue weighted by Gasteiger charge is 2.59. The number of hydrogen-bond acceptors (Lipinski definition) is 7. The first kappa shape index (κ1) is 25.1. The van der Waals surface area contributed by atoms with Crippen LogP contribution in [0.2, 0.25) is 0 Å². The molecule has 9 nitrogen and oxygen atoms in total.